The van der Waals surface area contributed by atoms with E-state index in [-0.39, 0.29) is 17.9 Å². The Hall–Kier alpha value is -1.50. The average Bonchev–Trinajstić information content (AvgIpc) is 2.27. The highest BCUT2D eigenvalue weighted by atomic mass is 16.2. The molecule has 0 aromatic carbocycles. The van der Waals surface area contributed by atoms with E-state index in [1.807, 2.05) is 11.8 Å². The van der Waals surface area contributed by atoms with Crippen LogP contribution in [0.3, 0.4) is 0 Å². The van der Waals surface area contributed by atoms with E-state index in [1.165, 1.54) is 0 Å². The van der Waals surface area contributed by atoms with E-state index in [0.717, 1.165) is 19.4 Å². The normalized spacial score (nSPS) is 17.4. The predicted octanol–water partition coefficient (Wildman–Crippen LogP) is 0.527. The maximum Gasteiger partial charge on any atom is 0.295 e. The third-order valence-electron chi connectivity index (χ3n) is 2.69. The molecule has 1 fully saturated rings. The summed E-state index contributed by atoms with van der Waals surface area (Å²) in [6.07, 6.45) is 2.67. The molecule has 1 aliphatic heterocycles. The van der Waals surface area contributed by atoms with Gasteiger partial charge in [0.2, 0.25) is 5.91 Å². The zero-order chi connectivity index (χ0) is 12.0. The summed E-state index contributed by atoms with van der Waals surface area (Å²) in [7, 11) is 0. The third-order valence-corrected chi connectivity index (χ3v) is 2.69. The molecule has 2 amide bonds. The first-order valence-electron chi connectivity index (χ1n) is 5.65. The quantitative estimate of drug-likeness (QED) is 0.708. The lowest BCUT2D eigenvalue weighted by atomic mass is 10.1. The maximum absolute atomic E-state index is 11.6. The first kappa shape index (κ1) is 12.6. The third kappa shape index (κ3) is 3.58. The van der Waals surface area contributed by atoms with Gasteiger partial charge < -0.3 is 10.2 Å². The second-order valence-corrected chi connectivity index (χ2v) is 3.98. The highest BCUT2D eigenvalue weighted by Crippen LogP contribution is 2.13. The molecule has 0 aliphatic carbocycles. The number of rotatable bonds is 3. The topological polar surface area (TPSA) is 49.4 Å². The van der Waals surface area contributed by atoms with Crippen LogP contribution in [0.2, 0.25) is 0 Å². The monoisotopic (exact) mass is 222 g/mol. The zero-order valence-corrected chi connectivity index (χ0v) is 9.88. The summed E-state index contributed by atoms with van der Waals surface area (Å²) in [6, 6.07) is 0.0513. The van der Waals surface area contributed by atoms with Crippen LogP contribution >= 0.6 is 0 Å². The molecule has 1 saturated heterocycles. The Balaban J connectivity index is 2.38. The molecule has 1 rings (SSSR count). The molecule has 1 N–H and O–H groups in total. The van der Waals surface area contributed by atoms with Gasteiger partial charge in [-0.3, -0.25) is 9.59 Å². The number of amides is 2. The van der Waals surface area contributed by atoms with Crippen molar-refractivity contribution in [2.75, 3.05) is 13.1 Å². The van der Waals surface area contributed by atoms with Crippen molar-refractivity contribution >= 4 is 11.8 Å². The van der Waals surface area contributed by atoms with Crippen LogP contribution in [0.25, 0.3) is 0 Å². The van der Waals surface area contributed by atoms with Crippen LogP contribution in [0.4, 0.5) is 0 Å². The van der Waals surface area contributed by atoms with Gasteiger partial charge in [0.25, 0.3) is 5.91 Å². The van der Waals surface area contributed by atoms with Crippen LogP contribution in [0.1, 0.15) is 33.1 Å². The molecule has 1 unspecified atom stereocenters. The molecular weight excluding hydrogens is 204 g/mol. The molecule has 1 aliphatic rings. The second-order valence-electron chi connectivity index (χ2n) is 3.98. The number of nitrogens with zero attached hydrogens (tertiary/aromatic N) is 1. The van der Waals surface area contributed by atoms with Crippen molar-refractivity contribution in [2.24, 2.45) is 0 Å². The van der Waals surface area contributed by atoms with Crippen molar-refractivity contribution in [3.05, 3.63) is 0 Å². The molecule has 0 radical (unpaired) electrons. The smallest absolute Gasteiger partial charge is 0.295 e. The number of carbonyl (C=O) groups excluding carboxylic acids is 2. The van der Waals surface area contributed by atoms with Gasteiger partial charge in [-0.1, -0.05) is 5.92 Å². The fourth-order valence-electron chi connectivity index (χ4n) is 1.80. The molecule has 16 heavy (non-hydrogen) atoms. The molecule has 4 heteroatoms. The van der Waals surface area contributed by atoms with E-state index in [1.54, 1.807) is 6.92 Å². The van der Waals surface area contributed by atoms with Crippen LogP contribution < -0.4 is 5.32 Å². The van der Waals surface area contributed by atoms with Crippen LogP contribution in [0.15, 0.2) is 0 Å². The van der Waals surface area contributed by atoms with Crippen molar-refractivity contribution in [1.29, 1.82) is 0 Å². The molecule has 0 saturated carbocycles. The van der Waals surface area contributed by atoms with E-state index < -0.39 is 0 Å². The SMILES string of the molecule is CC#CC(=O)NCC(C)N1CCCCC1=O. The first-order chi connectivity index (χ1) is 7.65. The minimum atomic E-state index is -0.279. The Morgan fingerprint density at radius 3 is 2.94 bits per heavy atom. The number of nitrogens with one attached hydrogen (secondary N) is 1. The number of likely N-dealkylation sites (tertiary alicyclic amines) is 1. The van der Waals surface area contributed by atoms with Gasteiger partial charge in [0.05, 0.1) is 0 Å². The van der Waals surface area contributed by atoms with Gasteiger partial charge in [-0.05, 0) is 32.6 Å². The number of hydrogen-bond donors (Lipinski definition) is 1. The highest BCUT2D eigenvalue weighted by molar-refractivity contribution is 5.93. The zero-order valence-electron chi connectivity index (χ0n) is 9.88. The van der Waals surface area contributed by atoms with E-state index in [9.17, 15) is 9.59 Å². The molecule has 0 spiro atoms. The molecule has 4 nitrogen and oxygen atoms in total. The van der Waals surface area contributed by atoms with Crippen LogP contribution in [-0.2, 0) is 9.59 Å². The lowest BCUT2D eigenvalue weighted by Gasteiger charge is -2.32. The van der Waals surface area contributed by atoms with Gasteiger partial charge in [0.1, 0.15) is 0 Å². The summed E-state index contributed by atoms with van der Waals surface area (Å²) in [4.78, 5) is 24.6. The summed E-state index contributed by atoms with van der Waals surface area (Å²) in [5.41, 5.74) is 0. The Morgan fingerprint density at radius 2 is 2.31 bits per heavy atom. The Bertz CT molecular complexity index is 328. The van der Waals surface area contributed by atoms with E-state index in [4.69, 9.17) is 0 Å². The minimum Gasteiger partial charge on any atom is -0.343 e. The van der Waals surface area contributed by atoms with Crippen molar-refractivity contribution in [3.8, 4) is 11.8 Å². The van der Waals surface area contributed by atoms with Gasteiger partial charge >= 0.3 is 0 Å². The van der Waals surface area contributed by atoms with Crippen molar-refractivity contribution in [3.63, 3.8) is 0 Å². The number of carbonyl (C=O) groups is 2. The fourth-order valence-corrected chi connectivity index (χ4v) is 1.80. The van der Waals surface area contributed by atoms with Gasteiger partial charge in [-0.25, -0.2) is 0 Å². The first-order valence-corrected chi connectivity index (χ1v) is 5.65. The number of piperidine rings is 1. The van der Waals surface area contributed by atoms with Crippen molar-refractivity contribution in [1.82, 2.24) is 10.2 Å². The molecular formula is C12H18N2O2. The Kier molecular flexibility index (Phi) is 4.84. The molecule has 0 bridgehead atoms. The second kappa shape index (κ2) is 6.16. The lowest BCUT2D eigenvalue weighted by Crippen LogP contribution is -2.47. The largest absolute Gasteiger partial charge is 0.343 e. The minimum absolute atomic E-state index is 0.0513. The molecule has 1 atom stereocenters. The van der Waals surface area contributed by atoms with Crippen molar-refractivity contribution in [2.45, 2.75) is 39.2 Å². The lowest BCUT2D eigenvalue weighted by molar-refractivity contribution is -0.135. The van der Waals surface area contributed by atoms with Gasteiger partial charge in [-0.15, -0.1) is 0 Å². The van der Waals surface area contributed by atoms with E-state index in [2.05, 4.69) is 17.2 Å². The maximum atomic E-state index is 11.6. The Morgan fingerprint density at radius 1 is 1.56 bits per heavy atom. The Labute approximate surface area is 96.4 Å². The van der Waals surface area contributed by atoms with Gasteiger partial charge in [-0.2, -0.15) is 0 Å². The summed E-state index contributed by atoms with van der Waals surface area (Å²) in [6.45, 7) is 4.84. The molecule has 0 aromatic heterocycles. The summed E-state index contributed by atoms with van der Waals surface area (Å²) in [5, 5.41) is 2.69. The summed E-state index contributed by atoms with van der Waals surface area (Å²) < 4.78 is 0. The number of hydrogen-bond acceptors (Lipinski definition) is 2. The van der Waals surface area contributed by atoms with E-state index >= 15 is 0 Å². The van der Waals surface area contributed by atoms with Gasteiger partial charge in [0, 0.05) is 25.6 Å². The van der Waals surface area contributed by atoms with Crippen LogP contribution in [0.5, 0.6) is 0 Å². The predicted molar refractivity (Wildman–Crippen MR) is 61.5 cm³/mol. The van der Waals surface area contributed by atoms with Crippen molar-refractivity contribution < 1.29 is 9.59 Å². The molecule has 1 heterocycles. The molecule has 0 aromatic rings. The highest BCUT2D eigenvalue weighted by Gasteiger charge is 2.22. The van der Waals surface area contributed by atoms with Crippen LogP contribution in [-0.4, -0.2) is 35.8 Å². The van der Waals surface area contributed by atoms with Crippen LogP contribution in [0, 0.1) is 11.8 Å². The summed E-state index contributed by atoms with van der Waals surface area (Å²) >= 11 is 0. The average molecular weight is 222 g/mol. The van der Waals surface area contributed by atoms with Gasteiger partial charge in [0.15, 0.2) is 0 Å². The van der Waals surface area contributed by atoms with E-state index in [0.29, 0.717) is 13.0 Å². The summed E-state index contributed by atoms with van der Waals surface area (Å²) in [5.74, 6) is 4.86. The molecule has 88 valence electrons. The standard InChI is InChI=1S/C12H18N2O2/c1-3-6-11(15)13-9-10(2)14-8-5-4-7-12(14)16/h10H,4-5,7-9H2,1-2H3,(H,13,15). The fraction of sp³-hybridized carbons (Fsp3) is 0.667.